The van der Waals surface area contributed by atoms with E-state index in [9.17, 15) is 0 Å². The zero-order valence-electron chi connectivity index (χ0n) is 10.0. The molecular formula is C14H21N. The molecule has 1 saturated heterocycles. The number of nitrogens with zero attached hydrogens (tertiary/aromatic N) is 1. The van der Waals surface area contributed by atoms with Crippen LogP contribution in [0.1, 0.15) is 38.7 Å². The van der Waals surface area contributed by atoms with Gasteiger partial charge in [0.1, 0.15) is 0 Å². The topological polar surface area (TPSA) is 3.24 Å². The first kappa shape index (κ1) is 10.5. The summed E-state index contributed by atoms with van der Waals surface area (Å²) in [6, 6.07) is 10.3. The molecule has 1 aliphatic heterocycles. The van der Waals surface area contributed by atoms with Crippen LogP contribution in [-0.2, 0) is 0 Å². The van der Waals surface area contributed by atoms with Crippen molar-refractivity contribution in [3.63, 3.8) is 0 Å². The molecule has 0 radical (unpaired) electrons. The number of anilines is 1. The third kappa shape index (κ3) is 2.17. The normalized spacial score (nSPS) is 26.7. The Bertz CT molecular complexity index is 305. The summed E-state index contributed by atoms with van der Waals surface area (Å²) in [6.45, 7) is 6.83. The Morgan fingerprint density at radius 3 is 2.07 bits per heavy atom. The third-order valence-electron chi connectivity index (χ3n) is 3.53. The first-order chi connectivity index (χ1) is 7.18. The highest BCUT2D eigenvalue weighted by atomic mass is 15.2. The van der Waals surface area contributed by atoms with Gasteiger partial charge in [0, 0.05) is 17.8 Å². The molecule has 0 bridgehead atoms. The fourth-order valence-electron chi connectivity index (χ4n) is 2.65. The minimum absolute atomic E-state index is 0.691. The standard InChI is InChI=1S/C14H21N/c1-11-7-9-14(10-8-11)15-12(2)5-4-6-13(15)3/h7-10,12-13H,4-6H2,1-3H3/t12-,13+. The molecule has 1 heterocycles. The van der Waals surface area contributed by atoms with Gasteiger partial charge in [-0.05, 0) is 52.2 Å². The molecular weight excluding hydrogens is 182 g/mol. The van der Waals surface area contributed by atoms with Crippen molar-refractivity contribution in [1.29, 1.82) is 0 Å². The largest absolute Gasteiger partial charge is 0.366 e. The summed E-state index contributed by atoms with van der Waals surface area (Å²) in [7, 11) is 0. The molecule has 82 valence electrons. The quantitative estimate of drug-likeness (QED) is 0.671. The van der Waals surface area contributed by atoms with Gasteiger partial charge in [-0.3, -0.25) is 0 Å². The molecule has 2 rings (SSSR count). The number of hydrogen-bond acceptors (Lipinski definition) is 1. The lowest BCUT2D eigenvalue weighted by Crippen LogP contribution is -2.43. The van der Waals surface area contributed by atoms with Crippen LogP contribution in [0, 0.1) is 6.92 Å². The van der Waals surface area contributed by atoms with Gasteiger partial charge in [0.05, 0.1) is 0 Å². The lowest BCUT2D eigenvalue weighted by Gasteiger charge is -2.41. The lowest BCUT2D eigenvalue weighted by atomic mass is 9.96. The van der Waals surface area contributed by atoms with Crippen molar-refractivity contribution >= 4 is 5.69 Å². The zero-order chi connectivity index (χ0) is 10.8. The molecule has 2 atom stereocenters. The predicted octanol–water partition coefficient (Wildman–Crippen LogP) is 3.76. The van der Waals surface area contributed by atoms with E-state index in [0.29, 0.717) is 12.1 Å². The van der Waals surface area contributed by atoms with Crippen molar-refractivity contribution in [2.75, 3.05) is 4.90 Å². The number of benzene rings is 1. The SMILES string of the molecule is Cc1ccc(N2[C@H](C)CCC[C@@H]2C)cc1. The van der Waals surface area contributed by atoms with Crippen LogP contribution in [0.25, 0.3) is 0 Å². The number of hydrogen-bond donors (Lipinski definition) is 0. The molecule has 1 aromatic rings. The van der Waals surface area contributed by atoms with E-state index in [1.165, 1.54) is 30.5 Å². The van der Waals surface area contributed by atoms with Crippen LogP contribution < -0.4 is 4.90 Å². The van der Waals surface area contributed by atoms with Gasteiger partial charge in [0.25, 0.3) is 0 Å². The van der Waals surface area contributed by atoms with Crippen LogP contribution >= 0.6 is 0 Å². The zero-order valence-corrected chi connectivity index (χ0v) is 10.0. The molecule has 1 aromatic carbocycles. The van der Waals surface area contributed by atoms with Crippen molar-refractivity contribution in [3.05, 3.63) is 29.8 Å². The van der Waals surface area contributed by atoms with Crippen molar-refractivity contribution in [2.24, 2.45) is 0 Å². The van der Waals surface area contributed by atoms with Gasteiger partial charge < -0.3 is 4.90 Å². The minimum Gasteiger partial charge on any atom is -0.366 e. The van der Waals surface area contributed by atoms with Gasteiger partial charge in [-0.25, -0.2) is 0 Å². The van der Waals surface area contributed by atoms with Crippen molar-refractivity contribution in [1.82, 2.24) is 0 Å². The van der Waals surface area contributed by atoms with Crippen molar-refractivity contribution in [2.45, 2.75) is 52.1 Å². The van der Waals surface area contributed by atoms with Gasteiger partial charge in [0.15, 0.2) is 0 Å². The number of aryl methyl sites for hydroxylation is 1. The van der Waals surface area contributed by atoms with Crippen LogP contribution in [-0.4, -0.2) is 12.1 Å². The smallest absolute Gasteiger partial charge is 0.0371 e. The molecule has 0 amide bonds. The van der Waals surface area contributed by atoms with Crippen molar-refractivity contribution < 1.29 is 0 Å². The summed E-state index contributed by atoms with van der Waals surface area (Å²) < 4.78 is 0. The van der Waals surface area contributed by atoms with Crippen LogP contribution in [0.4, 0.5) is 5.69 Å². The highest BCUT2D eigenvalue weighted by molar-refractivity contribution is 5.49. The fourth-order valence-corrected chi connectivity index (χ4v) is 2.65. The van der Waals surface area contributed by atoms with E-state index in [0.717, 1.165) is 0 Å². The highest BCUT2D eigenvalue weighted by Gasteiger charge is 2.24. The van der Waals surface area contributed by atoms with Crippen LogP contribution in [0.5, 0.6) is 0 Å². The molecule has 1 aliphatic rings. The molecule has 0 aromatic heterocycles. The van der Waals surface area contributed by atoms with Gasteiger partial charge in [-0.2, -0.15) is 0 Å². The lowest BCUT2D eigenvalue weighted by molar-refractivity contribution is 0.414. The predicted molar refractivity (Wildman–Crippen MR) is 66.4 cm³/mol. The molecule has 0 saturated carbocycles. The molecule has 0 aliphatic carbocycles. The average molecular weight is 203 g/mol. The van der Waals surface area contributed by atoms with E-state index in [1.807, 2.05) is 0 Å². The Morgan fingerprint density at radius 2 is 1.53 bits per heavy atom. The van der Waals surface area contributed by atoms with E-state index in [4.69, 9.17) is 0 Å². The second-order valence-electron chi connectivity index (χ2n) is 4.87. The van der Waals surface area contributed by atoms with Gasteiger partial charge in [-0.1, -0.05) is 17.7 Å². The van der Waals surface area contributed by atoms with E-state index in [2.05, 4.69) is 49.9 Å². The average Bonchev–Trinajstić information content (AvgIpc) is 2.20. The summed E-state index contributed by atoms with van der Waals surface area (Å²) in [5.41, 5.74) is 2.73. The molecule has 1 nitrogen and oxygen atoms in total. The Kier molecular flexibility index (Phi) is 2.99. The minimum atomic E-state index is 0.691. The summed E-state index contributed by atoms with van der Waals surface area (Å²) in [4.78, 5) is 2.57. The van der Waals surface area contributed by atoms with Crippen LogP contribution in [0.2, 0.25) is 0 Å². The Hall–Kier alpha value is -0.980. The maximum atomic E-state index is 2.57. The second-order valence-corrected chi connectivity index (χ2v) is 4.87. The van der Waals surface area contributed by atoms with Crippen LogP contribution in [0.3, 0.4) is 0 Å². The maximum Gasteiger partial charge on any atom is 0.0371 e. The van der Waals surface area contributed by atoms with Crippen molar-refractivity contribution in [3.8, 4) is 0 Å². The van der Waals surface area contributed by atoms with E-state index in [1.54, 1.807) is 0 Å². The van der Waals surface area contributed by atoms with Gasteiger partial charge >= 0.3 is 0 Å². The summed E-state index contributed by atoms with van der Waals surface area (Å²) >= 11 is 0. The number of piperidine rings is 1. The molecule has 0 N–H and O–H groups in total. The van der Waals surface area contributed by atoms with Crippen LogP contribution in [0.15, 0.2) is 24.3 Å². The summed E-state index contributed by atoms with van der Waals surface area (Å²) in [5.74, 6) is 0. The Morgan fingerprint density at radius 1 is 1.00 bits per heavy atom. The first-order valence-corrected chi connectivity index (χ1v) is 6.03. The molecule has 15 heavy (non-hydrogen) atoms. The molecule has 0 spiro atoms. The number of rotatable bonds is 1. The van der Waals surface area contributed by atoms with E-state index < -0.39 is 0 Å². The maximum absolute atomic E-state index is 2.57. The molecule has 1 heteroatoms. The summed E-state index contributed by atoms with van der Waals surface area (Å²) in [6.07, 6.45) is 4.04. The first-order valence-electron chi connectivity index (χ1n) is 6.03. The Balaban J connectivity index is 2.23. The molecule has 1 fully saturated rings. The monoisotopic (exact) mass is 203 g/mol. The van der Waals surface area contributed by atoms with Gasteiger partial charge in [-0.15, -0.1) is 0 Å². The fraction of sp³-hybridized carbons (Fsp3) is 0.571. The third-order valence-corrected chi connectivity index (χ3v) is 3.53. The highest BCUT2D eigenvalue weighted by Crippen LogP contribution is 2.28. The molecule has 0 unspecified atom stereocenters. The van der Waals surface area contributed by atoms with Gasteiger partial charge in [0.2, 0.25) is 0 Å². The Labute approximate surface area is 93.1 Å². The van der Waals surface area contributed by atoms with E-state index >= 15 is 0 Å². The summed E-state index contributed by atoms with van der Waals surface area (Å²) in [5, 5.41) is 0. The second kappa shape index (κ2) is 4.26. The van der Waals surface area contributed by atoms with E-state index in [-0.39, 0.29) is 0 Å².